The first kappa shape index (κ1) is 20.9. The fraction of sp³-hybridized carbons (Fsp3) is 0.286. The molecule has 0 radical (unpaired) electrons. The van der Waals surface area contributed by atoms with E-state index in [0.717, 1.165) is 16.1 Å². The Kier molecular flexibility index (Phi) is 6.87. The summed E-state index contributed by atoms with van der Waals surface area (Å²) < 4.78 is 18.1. The number of thioether (sulfide) groups is 1. The number of fused-ring (bicyclic) bond motifs is 1. The molecule has 0 unspecified atom stereocenters. The van der Waals surface area contributed by atoms with Gasteiger partial charge < -0.3 is 15.4 Å². The Morgan fingerprint density at radius 2 is 1.93 bits per heavy atom. The second-order valence-electron chi connectivity index (χ2n) is 6.60. The van der Waals surface area contributed by atoms with Crippen molar-refractivity contribution in [1.82, 2.24) is 5.32 Å². The molecule has 2 aromatic rings. The van der Waals surface area contributed by atoms with Crippen LogP contribution in [0.2, 0.25) is 0 Å². The van der Waals surface area contributed by atoms with Crippen molar-refractivity contribution in [3.8, 4) is 0 Å². The molecule has 1 heterocycles. The van der Waals surface area contributed by atoms with Crippen molar-refractivity contribution in [1.29, 1.82) is 0 Å². The molecule has 6 nitrogen and oxygen atoms in total. The van der Waals surface area contributed by atoms with Gasteiger partial charge in [0.25, 0.3) is 5.91 Å². The summed E-state index contributed by atoms with van der Waals surface area (Å²) in [5.74, 6) is -1.61. The van der Waals surface area contributed by atoms with E-state index in [4.69, 9.17) is 4.74 Å². The van der Waals surface area contributed by atoms with Crippen molar-refractivity contribution in [2.24, 2.45) is 0 Å². The van der Waals surface area contributed by atoms with Crippen LogP contribution in [-0.4, -0.2) is 35.7 Å². The summed E-state index contributed by atoms with van der Waals surface area (Å²) in [7, 11) is 0. The molecule has 2 atom stereocenters. The van der Waals surface area contributed by atoms with Crippen molar-refractivity contribution in [3.05, 3.63) is 59.9 Å². The fourth-order valence-electron chi connectivity index (χ4n) is 2.80. The SMILES string of the molecule is C[C@@H](OC(=O)C[C@@H]1Sc2ccccc2NC1=O)C(=O)NCCc1ccc(F)cc1. The van der Waals surface area contributed by atoms with E-state index in [1.165, 1.54) is 30.8 Å². The summed E-state index contributed by atoms with van der Waals surface area (Å²) in [6.07, 6.45) is -0.567. The number of ether oxygens (including phenoxy) is 1. The Hall–Kier alpha value is -2.87. The summed E-state index contributed by atoms with van der Waals surface area (Å²) in [6, 6.07) is 13.4. The van der Waals surface area contributed by atoms with Crippen LogP contribution in [0, 0.1) is 5.82 Å². The number of nitrogens with one attached hydrogen (secondary N) is 2. The summed E-state index contributed by atoms with van der Waals surface area (Å²) in [5, 5.41) is 4.84. The summed E-state index contributed by atoms with van der Waals surface area (Å²) in [6.45, 7) is 1.82. The molecule has 152 valence electrons. The number of carbonyl (C=O) groups excluding carboxylic acids is 3. The molecule has 3 rings (SSSR count). The largest absolute Gasteiger partial charge is 0.453 e. The van der Waals surface area contributed by atoms with Crippen molar-refractivity contribution in [2.75, 3.05) is 11.9 Å². The highest BCUT2D eigenvalue weighted by atomic mass is 32.2. The third kappa shape index (κ3) is 5.80. The molecule has 2 aromatic carbocycles. The van der Waals surface area contributed by atoms with Crippen LogP contribution in [-0.2, 0) is 25.5 Å². The Morgan fingerprint density at radius 3 is 2.69 bits per heavy atom. The van der Waals surface area contributed by atoms with Crippen LogP contribution in [0.25, 0.3) is 0 Å². The van der Waals surface area contributed by atoms with E-state index in [0.29, 0.717) is 13.0 Å². The first-order chi connectivity index (χ1) is 13.9. The lowest BCUT2D eigenvalue weighted by atomic mass is 10.1. The van der Waals surface area contributed by atoms with Gasteiger partial charge in [-0.1, -0.05) is 24.3 Å². The molecule has 0 aromatic heterocycles. The van der Waals surface area contributed by atoms with Crippen LogP contribution in [0.4, 0.5) is 10.1 Å². The number of hydrogen-bond acceptors (Lipinski definition) is 5. The zero-order valence-corrected chi connectivity index (χ0v) is 16.6. The molecule has 0 bridgehead atoms. The van der Waals surface area contributed by atoms with Gasteiger partial charge in [-0.05, 0) is 43.2 Å². The van der Waals surface area contributed by atoms with E-state index in [2.05, 4.69) is 10.6 Å². The Balaban J connectivity index is 1.43. The molecule has 0 saturated heterocycles. The van der Waals surface area contributed by atoms with Crippen molar-refractivity contribution in [2.45, 2.75) is 36.0 Å². The molecule has 0 aliphatic carbocycles. The monoisotopic (exact) mass is 416 g/mol. The van der Waals surface area contributed by atoms with Gasteiger partial charge in [0.05, 0.1) is 17.4 Å². The molecule has 0 saturated carbocycles. The van der Waals surface area contributed by atoms with E-state index in [-0.39, 0.29) is 18.1 Å². The number of rotatable bonds is 7. The fourth-order valence-corrected chi connectivity index (χ4v) is 3.90. The van der Waals surface area contributed by atoms with Crippen LogP contribution in [0.5, 0.6) is 0 Å². The second-order valence-corrected chi connectivity index (χ2v) is 7.84. The predicted molar refractivity (Wildman–Crippen MR) is 108 cm³/mol. The average Bonchev–Trinajstić information content (AvgIpc) is 2.70. The van der Waals surface area contributed by atoms with Crippen LogP contribution >= 0.6 is 11.8 Å². The molecule has 2 N–H and O–H groups in total. The van der Waals surface area contributed by atoms with Crippen molar-refractivity contribution in [3.63, 3.8) is 0 Å². The molecule has 2 amide bonds. The number of esters is 1. The van der Waals surface area contributed by atoms with Gasteiger partial charge in [0.2, 0.25) is 5.91 Å². The lowest BCUT2D eigenvalue weighted by Gasteiger charge is -2.23. The van der Waals surface area contributed by atoms with Gasteiger partial charge in [-0.3, -0.25) is 14.4 Å². The van der Waals surface area contributed by atoms with E-state index < -0.39 is 23.2 Å². The maximum absolute atomic E-state index is 12.9. The van der Waals surface area contributed by atoms with Gasteiger partial charge in [0.1, 0.15) is 5.82 Å². The molecule has 29 heavy (non-hydrogen) atoms. The van der Waals surface area contributed by atoms with Crippen LogP contribution in [0.3, 0.4) is 0 Å². The van der Waals surface area contributed by atoms with E-state index >= 15 is 0 Å². The molecule has 0 spiro atoms. The van der Waals surface area contributed by atoms with Gasteiger partial charge in [0.15, 0.2) is 6.10 Å². The van der Waals surface area contributed by atoms with E-state index in [9.17, 15) is 18.8 Å². The summed E-state index contributed by atoms with van der Waals surface area (Å²) >= 11 is 1.30. The molecule has 1 aliphatic heterocycles. The number of amides is 2. The minimum atomic E-state index is -0.973. The predicted octanol–water partition coefficient (Wildman–Crippen LogP) is 2.92. The van der Waals surface area contributed by atoms with Gasteiger partial charge in [-0.2, -0.15) is 0 Å². The Bertz CT molecular complexity index is 904. The van der Waals surface area contributed by atoms with Crippen LogP contribution in [0.1, 0.15) is 18.9 Å². The maximum atomic E-state index is 12.9. The molecule has 0 fully saturated rings. The van der Waals surface area contributed by atoms with Crippen LogP contribution in [0.15, 0.2) is 53.4 Å². The highest BCUT2D eigenvalue weighted by Crippen LogP contribution is 2.36. The van der Waals surface area contributed by atoms with Gasteiger partial charge in [-0.25, -0.2) is 4.39 Å². The Morgan fingerprint density at radius 1 is 1.21 bits per heavy atom. The number of anilines is 1. The quantitative estimate of drug-likeness (QED) is 0.678. The number of halogens is 1. The average molecular weight is 416 g/mol. The van der Waals surface area contributed by atoms with Crippen molar-refractivity contribution < 1.29 is 23.5 Å². The smallest absolute Gasteiger partial charge is 0.308 e. The number of benzene rings is 2. The third-order valence-corrected chi connectivity index (χ3v) is 5.64. The van der Waals surface area contributed by atoms with Crippen molar-refractivity contribution >= 4 is 35.2 Å². The number of carbonyl (C=O) groups is 3. The molecule has 8 heteroatoms. The highest BCUT2D eigenvalue weighted by molar-refractivity contribution is 8.01. The normalized spacial score (nSPS) is 16.3. The first-order valence-electron chi connectivity index (χ1n) is 9.20. The highest BCUT2D eigenvalue weighted by Gasteiger charge is 2.30. The molecular formula is C21H21FN2O4S. The van der Waals surface area contributed by atoms with Gasteiger partial charge in [-0.15, -0.1) is 11.8 Å². The minimum Gasteiger partial charge on any atom is -0.453 e. The summed E-state index contributed by atoms with van der Waals surface area (Å²) in [4.78, 5) is 37.3. The van der Waals surface area contributed by atoms with Gasteiger partial charge >= 0.3 is 5.97 Å². The Labute approximate surface area is 172 Å². The lowest BCUT2D eigenvalue weighted by molar-refractivity contribution is -0.155. The standard InChI is InChI=1S/C21H21FN2O4S/c1-13(20(26)23-11-10-14-6-8-15(22)9-7-14)28-19(25)12-18-21(27)24-16-4-2-3-5-17(16)29-18/h2-9,13,18H,10-12H2,1H3,(H,23,26)(H,24,27)/t13-,18+/m1/s1. The maximum Gasteiger partial charge on any atom is 0.308 e. The topological polar surface area (TPSA) is 84.5 Å². The zero-order valence-electron chi connectivity index (χ0n) is 15.8. The molecule has 1 aliphatic rings. The van der Waals surface area contributed by atoms with Gasteiger partial charge in [0, 0.05) is 11.4 Å². The van der Waals surface area contributed by atoms with E-state index in [1.54, 1.807) is 18.2 Å². The third-order valence-electron chi connectivity index (χ3n) is 4.36. The lowest BCUT2D eigenvalue weighted by Crippen LogP contribution is -2.38. The minimum absolute atomic E-state index is 0.127. The zero-order chi connectivity index (χ0) is 20.8. The first-order valence-corrected chi connectivity index (χ1v) is 10.1. The van der Waals surface area contributed by atoms with E-state index in [1.807, 2.05) is 18.2 Å². The van der Waals surface area contributed by atoms with Crippen LogP contribution < -0.4 is 10.6 Å². The number of para-hydroxylation sites is 1. The summed E-state index contributed by atoms with van der Waals surface area (Å²) in [5.41, 5.74) is 1.61. The second kappa shape index (κ2) is 9.56. The number of hydrogen-bond donors (Lipinski definition) is 2. The molecular weight excluding hydrogens is 395 g/mol.